The van der Waals surface area contributed by atoms with Crippen LogP contribution in [0.15, 0.2) is 0 Å². The van der Waals surface area contributed by atoms with Gasteiger partial charge in [0.05, 0.1) is 0 Å². The van der Waals surface area contributed by atoms with E-state index in [0.717, 1.165) is 0 Å². The van der Waals surface area contributed by atoms with Crippen molar-refractivity contribution in [2.24, 2.45) is 0 Å². The van der Waals surface area contributed by atoms with Crippen LogP contribution in [0.3, 0.4) is 0 Å². The van der Waals surface area contributed by atoms with Gasteiger partial charge in [-0.05, 0) is 0 Å². The Hall–Kier alpha value is -0.500. The Morgan fingerprint density at radius 3 is 2.00 bits per heavy atom. The number of alkyl halides is 6. The highest BCUT2D eigenvalue weighted by molar-refractivity contribution is 4.72. The predicted octanol–water partition coefficient (Wildman–Crippen LogP) is 2.49. The molecule has 0 saturated carbocycles. The molecule has 0 aromatic rings. The van der Waals surface area contributed by atoms with Gasteiger partial charge in [0.25, 0.3) is 12.3 Å². The fourth-order valence-corrected chi connectivity index (χ4v) is 0.483. The number of halogens is 6. The molecule has 0 spiro atoms. The molecule has 1 atom stereocenters. The van der Waals surface area contributed by atoms with E-state index in [1.54, 1.807) is 0 Å². The first-order valence-corrected chi connectivity index (χ1v) is 3.41. The third kappa shape index (κ3) is 3.70. The molecular weight excluding hydrogens is 218 g/mol. The molecule has 2 nitrogen and oxygen atoms in total. The van der Waals surface area contributed by atoms with Gasteiger partial charge < -0.3 is 9.47 Å². The van der Waals surface area contributed by atoms with E-state index in [2.05, 4.69) is 9.47 Å². The SMILES string of the molecule is CC(F)(OCF)C(F)(F)OCC(F)F. The van der Waals surface area contributed by atoms with E-state index < -0.39 is 31.9 Å². The Morgan fingerprint density at radius 2 is 1.64 bits per heavy atom. The average molecular weight is 226 g/mol. The van der Waals surface area contributed by atoms with Crippen molar-refractivity contribution in [1.29, 1.82) is 0 Å². The van der Waals surface area contributed by atoms with E-state index in [1.165, 1.54) is 0 Å². The van der Waals surface area contributed by atoms with E-state index >= 15 is 0 Å². The van der Waals surface area contributed by atoms with E-state index in [1.807, 2.05) is 0 Å². The summed E-state index contributed by atoms with van der Waals surface area (Å²) in [7, 11) is 0. The van der Waals surface area contributed by atoms with E-state index in [-0.39, 0.29) is 6.92 Å². The summed E-state index contributed by atoms with van der Waals surface area (Å²) >= 11 is 0. The highest BCUT2D eigenvalue weighted by Crippen LogP contribution is 2.34. The molecule has 0 aromatic heterocycles. The third-order valence-electron chi connectivity index (χ3n) is 1.24. The second-order valence-electron chi connectivity index (χ2n) is 2.39. The van der Waals surface area contributed by atoms with E-state index in [9.17, 15) is 26.3 Å². The summed E-state index contributed by atoms with van der Waals surface area (Å²) in [5.41, 5.74) is 0. The molecular formula is C6H8F6O2. The summed E-state index contributed by atoms with van der Waals surface area (Å²) in [4.78, 5) is 0. The molecule has 0 amide bonds. The maximum atomic E-state index is 12.7. The summed E-state index contributed by atoms with van der Waals surface area (Å²) in [6.45, 7) is -3.30. The molecule has 0 aromatic carbocycles. The summed E-state index contributed by atoms with van der Waals surface area (Å²) in [5, 5.41) is 0. The number of hydrogen-bond donors (Lipinski definition) is 0. The second kappa shape index (κ2) is 4.83. The van der Waals surface area contributed by atoms with Gasteiger partial charge in [-0.2, -0.15) is 8.78 Å². The highest BCUT2D eigenvalue weighted by Gasteiger charge is 2.54. The Balaban J connectivity index is 4.27. The molecule has 0 radical (unpaired) electrons. The molecule has 0 aliphatic heterocycles. The van der Waals surface area contributed by atoms with Gasteiger partial charge in [-0.25, -0.2) is 17.6 Å². The first-order valence-electron chi connectivity index (χ1n) is 3.41. The van der Waals surface area contributed by atoms with E-state index in [0.29, 0.717) is 0 Å². The summed E-state index contributed by atoms with van der Waals surface area (Å²) in [6.07, 6.45) is -7.81. The lowest BCUT2D eigenvalue weighted by Gasteiger charge is -2.28. The molecule has 0 bridgehead atoms. The summed E-state index contributed by atoms with van der Waals surface area (Å²) in [5.74, 6) is -3.78. The normalized spacial score (nSPS) is 17.1. The van der Waals surface area contributed by atoms with Crippen LogP contribution in [0.4, 0.5) is 26.3 Å². The molecule has 0 saturated heterocycles. The van der Waals surface area contributed by atoms with Crippen molar-refractivity contribution in [2.75, 3.05) is 13.5 Å². The standard InChI is InChI=1S/C6H8F6O2/c1-5(10,14-3-7)6(11,12)13-2-4(8)9/h4H,2-3H2,1H3. The van der Waals surface area contributed by atoms with Crippen molar-refractivity contribution in [3.8, 4) is 0 Å². The van der Waals surface area contributed by atoms with Gasteiger partial charge in [-0.3, -0.25) is 0 Å². The molecule has 8 heteroatoms. The van der Waals surface area contributed by atoms with Crippen LogP contribution in [0, 0.1) is 0 Å². The molecule has 1 unspecified atom stereocenters. The fraction of sp³-hybridized carbons (Fsp3) is 1.00. The summed E-state index contributed by atoms with van der Waals surface area (Å²) < 4.78 is 78.7. The molecule has 86 valence electrons. The van der Waals surface area contributed by atoms with Crippen molar-refractivity contribution in [3.05, 3.63) is 0 Å². The number of hydrogen-bond acceptors (Lipinski definition) is 2. The van der Waals surface area contributed by atoms with Crippen LogP contribution >= 0.6 is 0 Å². The van der Waals surface area contributed by atoms with Crippen molar-refractivity contribution >= 4 is 0 Å². The second-order valence-corrected chi connectivity index (χ2v) is 2.39. The Kier molecular flexibility index (Phi) is 4.66. The van der Waals surface area contributed by atoms with Gasteiger partial charge in [0.1, 0.15) is 6.61 Å². The quantitative estimate of drug-likeness (QED) is 0.648. The van der Waals surface area contributed by atoms with Crippen LogP contribution in [0.25, 0.3) is 0 Å². The topological polar surface area (TPSA) is 18.5 Å². The zero-order chi connectivity index (χ0) is 11.4. The van der Waals surface area contributed by atoms with Crippen LogP contribution in [0.1, 0.15) is 6.92 Å². The molecule has 0 N–H and O–H groups in total. The molecule has 0 rings (SSSR count). The Morgan fingerprint density at radius 1 is 1.14 bits per heavy atom. The lowest BCUT2D eigenvalue weighted by molar-refractivity contribution is -0.386. The minimum atomic E-state index is -4.63. The molecule has 0 fully saturated rings. The van der Waals surface area contributed by atoms with Gasteiger partial charge in [-0.15, -0.1) is 0 Å². The van der Waals surface area contributed by atoms with Crippen LogP contribution in [0.2, 0.25) is 0 Å². The zero-order valence-corrected chi connectivity index (χ0v) is 7.08. The van der Waals surface area contributed by atoms with Crippen LogP contribution in [0.5, 0.6) is 0 Å². The van der Waals surface area contributed by atoms with Crippen molar-refractivity contribution in [1.82, 2.24) is 0 Å². The maximum absolute atomic E-state index is 12.7. The predicted molar refractivity (Wildman–Crippen MR) is 33.5 cm³/mol. The lowest BCUT2D eigenvalue weighted by Crippen LogP contribution is -2.46. The molecule has 0 aliphatic carbocycles. The zero-order valence-electron chi connectivity index (χ0n) is 7.08. The monoisotopic (exact) mass is 226 g/mol. The fourth-order valence-electron chi connectivity index (χ4n) is 0.483. The van der Waals surface area contributed by atoms with Crippen molar-refractivity contribution in [3.63, 3.8) is 0 Å². The minimum Gasteiger partial charge on any atom is -0.310 e. The average Bonchev–Trinajstić information content (AvgIpc) is 2.00. The van der Waals surface area contributed by atoms with E-state index in [4.69, 9.17) is 0 Å². The summed E-state index contributed by atoms with van der Waals surface area (Å²) in [6, 6.07) is 0. The molecule has 0 aliphatic rings. The first kappa shape index (κ1) is 13.5. The minimum absolute atomic E-state index is 0.179. The third-order valence-corrected chi connectivity index (χ3v) is 1.24. The van der Waals surface area contributed by atoms with Gasteiger partial charge in [0, 0.05) is 6.92 Å². The number of rotatable bonds is 6. The van der Waals surface area contributed by atoms with Crippen LogP contribution < -0.4 is 0 Å². The highest BCUT2D eigenvalue weighted by atomic mass is 19.3. The van der Waals surface area contributed by atoms with Gasteiger partial charge in [0.2, 0.25) is 0 Å². The van der Waals surface area contributed by atoms with Gasteiger partial charge in [0.15, 0.2) is 6.86 Å². The molecule has 0 heterocycles. The van der Waals surface area contributed by atoms with Crippen molar-refractivity contribution < 1.29 is 35.8 Å². The number of ether oxygens (including phenoxy) is 2. The van der Waals surface area contributed by atoms with Crippen molar-refractivity contribution in [2.45, 2.75) is 25.3 Å². The molecule has 14 heavy (non-hydrogen) atoms. The maximum Gasteiger partial charge on any atom is 0.414 e. The largest absolute Gasteiger partial charge is 0.414 e. The lowest BCUT2D eigenvalue weighted by atomic mass is 10.3. The Bertz CT molecular complexity index is 172. The smallest absolute Gasteiger partial charge is 0.310 e. The Labute approximate surface area is 75.8 Å². The van der Waals surface area contributed by atoms with Crippen LogP contribution in [-0.2, 0) is 9.47 Å². The van der Waals surface area contributed by atoms with Crippen LogP contribution in [-0.4, -0.2) is 31.9 Å². The van der Waals surface area contributed by atoms with Gasteiger partial charge in [-0.1, -0.05) is 0 Å². The first-order chi connectivity index (χ1) is 6.23. The van der Waals surface area contributed by atoms with Gasteiger partial charge >= 0.3 is 6.11 Å².